The summed E-state index contributed by atoms with van der Waals surface area (Å²) in [6.07, 6.45) is 0. The minimum absolute atomic E-state index is 0.00659. The maximum Gasteiger partial charge on any atom is 0.239 e. The number of rotatable bonds is 7. The fourth-order valence-corrected chi connectivity index (χ4v) is 2.78. The Morgan fingerprint density at radius 1 is 0.875 bits per heavy atom. The molecule has 1 amide bonds. The van der Waals surface area contributed by atoms with Crippen LogP contribution in [0.2, 0.25) is 0 Å². The second kappa shape index (κ2) is 8.53. The van der Waals surface area contributed by atoms with E-state index in [0.29, 0.717) is 18.4 Å². The van der Waals surface area contributed by atoms with Gasteiger partial charge >= 0.3 is 0 Å². The van der Waals surface area contributed by atoms with Crippen LogP contribution in [0.1, 0.15) is 56.2 Å². The Hall–Kier alpha value is -2.29. The first kappa shape index (κ1) is 18.1. The van der Waals surface area contributed by atoms with Gasteiger partial charge in [-0.2, -0.15) is 0 Å². The van der Waals surface area contributed by atoms with E-state index in [-0.39, 0.29) is 12.5 Å². The quantitative estimate of drug-likeness (QED) is 0.777. The van der Waals surface area contributed by atoms with Crippen LogP contribution in [-0.2, 0) is 11.3 Å². The van der Waals surface area contributed by atoms with Crippen LogP contribution in [0.4, 0.5) is 5.69 Å². The summed E-state index contributed by atoms with van der Waals surface area (Å²) < 4.78 is 0. The van der Waals surface area contributed by atoms with Crippen molar-refractivity contribution in [3.05, 3.63) is 65.2 Å². The average Bonchev–Trinajstić information content (AvgIpc) is 2.58. The molecule has 24 heavy (non-hydrogen) atoms. The zero-order valence-electron chi connectivity index (χ0n) is 15.1. The van der Waals surface area contributed by atoms with Crippen molar-refractivity contribution >= 4 is 11.6 Å². The third-order valence-electron chi connectivity index (χ3n) is 4.13. The van der Waals surface area contributed by atoms with Gasteiger partial charge in [0.25, 0.3) is 0 Å². The fraction of sp³-hybridized carbons (Fsp3) is 0.381. The van der Waals surface area contributed by atoms with Crippen molar-refractivity contribution in [1.29, 1.82) is 0 Å². The van der Waals surface area contributed by atoms with Crippen molar-refractivity contribution in [1.82, 2.24) is 5.32 Å². The zero-order valence-corrected chi connectivity index (χ0v) is 15.1. The lowest BCUT2D eigenvalue weighted by Gasteiger charge is -2.20. The predicted molar refractivity (Wildman–Crippen MR) is 101 cm³/mol. The van der Waals surface area contributed by atoms with Crippen LogP contribution < -0.4 is 10.6 Å². The monoisotopic (exact) mass is 324 g/mol. The molecule has 0 atom stereocenters. The minimum atomic E-state index is 0.00659. The number of hydrogen-bond acceptors (Lipinski definition) is 2. The van der Waals surface area contributed by atoms with Crippen molar-refractivity contribution in [3.63, 3.8) is 0 Å². The highest BCUT2D eigenvalue weighted by Gasteiger charge is 2.14. The SMILES string of the molecule is CC(C)c1cccc(C(C)C)c1NCC(=O)NCc1ccccc1. The molecule has 0 saturated carbocycles. The minimum Gasteiger partial charge on any atom is -0.376 e. The lowest BCUT2D eigenvalue weighted by molar-refractivity contribution is -0.119. The first-order valence-corrected chi connectivity index (χ1v) is 8.66. The highest BCUT2D eigenvalue weighted by Crippen LogP contribution is 2.32. The molecule has 0 aliphatic rings. The number of benzene rings is 2. The Morgan fingerprint density at radius 3 is 2.00 bits per heavy atom. The van der Waals surface area contributed by atoms with Gasteiger partial charge in [0.15, 0.2) is 0 Å². The second-order valence-electron chi connectivity index (χ2n) is 6.74. The molecule has 2 rings (SSSR count). The number of carbonyl (C=O) groups excluding carboxylic acids is 1. The summed E-state index contributed by atoms with van der Waals surface area (Å²) in [6.45, 7) is 9.57. The van der Waals surface area contributed by atoms with Crippen LogP contribution in [0.5, 0.6) is 0 Å². The summed E-state index contributed by atoms with van der Waals surface area (Å²) in [6, 6.07) is 16.3. The van der Waals surface area contributed by atoms with E-state index >= 15 is 0 Å². The van der Waals surface area contributed by atoms with E-state index in [1.165, 1.54) is 11.1 Å². The van der Waals surface area contributed by atoms with E-state index in [9.17, 15) is 4.79 Å². The van der Waals surface area contributed by atoms with Crippen LogP contribution >= 0.6 is 0 Å². The van der Waals surface area contributed by atoms with Gasteiger partial charge in [0.1, 0.15) is 0 Å². The van der Waals surface area contributed by atoms with Gasteiger partial charge in [0.2, 0.25) is 5.91 Å². The Kier molecular flexibility index (Phi) is 6.42. The van der Waals surface area contributed by atoms with Gasteiger partial charge in [-0.05, 0) is 28.5 Å². The van der Waals surface area contributed by atoms with Gasteiger partial charge in [0.05, 0.1) is 6.54 Å². The molecule has 0 aromatic heterocycles. The maximum atomic E-state index is 12.2. The molecule has 3 heteroatoms. The van der Waals surface area contributed by atoms with Crippen molar-refractivity contribution in [3.8, 4) is 0 Å². The van der Waals surface area contributed by atoms with E-state index < -0.39 is 0 Å². The molecular weight excluding hydrogens is 296 g/mol. The van der Waals surface area contributed by atoms with E-state index in [2.05, 4.69) is 56.5 Å². The highest BCUT2D eigenvalue weighted by atomic mass is 16.1. The van der Waals surface area contributed by atoms with Crippen molar-refractivity contribution in [2.24, 2.45) is 0 Å². The molecule has 0 bridgehead atoms. The van der Waals surface area contributed by atoms with Crippen LogP contribution in [0.15, 0.2) is 48.5 Å². The van der Waals surface area contributed by atoms with Crippen LogP contribution in [-0.4, -0.2) is 12.5 Å². The molecular formula is C21H28N2O. The molecule has 0 aliphatic heterocycles. The highest BCUT2D eigenvalue weighted by molar-refractivity contribution is 5.81. The maximum absolute atomic E-state index is 12.2. The topological polar surface area (TPSA) is 41.1 Å². The predicted octanol–water partition coefficient (Wildman–Crippen LogP) is 4.66. The first-order valence-electron chi connectivity index (χ1n) is 8.66. The summed E-state index contributed by atoms with van der Waals surface area (Å²) in [7, 11) is 0. The average molecular weight is 324 g/mol. The molecule has 0 spiro atoms. The molecule has 0 radical (unpaired) electrons. The largest absolute Gasteiger partial charge is 0.376 e. The lowest BCUT2D eigenvalue weighted by Crippen LogP contribution is -2.30. The van der Waals surface area contributed by atoms with Gasteiger partial charge in [-0.1, -0.05) is 76.2 Å². The van der Waals surface area contributed by atoms with Crippen LogP contribution in [0.3, 0.4) is 0 Å². The standard InChI is InChI=1S/C21H28N2O/c1-15(2)18-11-8-12-19(16(3)4)21(18)23-14-20(24)22-13-17-9-6-5-7-10-17/h5-12,15-16,23H,13-14H2,1-4H3,(H,22,24). The Balaban J connectivity index is 2.01. The fourth-order valence-electron chi connectivity index (χ4n) is 2.78. The van der Waals surface area contributed by atoms with Crippen molar-refractivity contribution in [2.75, 3.05) is 11.9 Å². The summed E-state index contributed by atoms with van der Waals surface area (Å²) in [5.41, 5.74) is 4.74. The summed E-state index contributed by atoms with van der Waals surface area (Å²) >= 11 is 0. The first-order chi connectivity index (χ1) is 11.5. The summed E-state index contributed by atoms with van der Waals surface area (Å²) in [4.78, 5) is 12.2. The number of para-hydroxylation sites is 1. The molecule has 128 valence electrons. The molecule has 0 saturated heterocycles. The summed E-state index contributed by atoms with van der Waals surface area (Å²) in [5, 5.41) is 6.33. The Morgan fingerprint density at radius 2 is 1.46 bits per heavy atom. The zero-order chi connectivity index (χ0) is 17.5. The number of amides is 1. The third-order valence-corrected chi connectivity index (χ3v) is 4.13. The van der Waals surface area contributed by atoms with Gasteiger partial charge in [-0.15, -0.1) is 0 Å². The molecule has 3 nitrogen and oxygen atoms in total. The molecule has 2 aromatic carbocycles. The van der Waals surface area contributed by atoms with Crippen LogP contribution in [0, 0.1) is 0 Å². The van der Waals surface area contributed by atoms with E-state index in [1.807, 2.05) is 30.3 Å². The molecule has 0 unspecified atom stereocenters. The Labute approximate surface area is 145 Å². The smallest absolute Gasteiger partial charge is 0.239 e. The van der Waals surface area contributed by atoms with Crippen molar-refractivity contribution in [2.45, 2.75) is 46.1 Å². The van der Waals surface area contributed by atoms with E-state index in [4.69, 9.17) is 0 Å². The van der Waals surface area contributed by atoms with Gasteiger partial charge in [-0.25, -0.2) is 0 Å². The van der Waals surface area contributed by atoms with Gasteiger partial charge in [-0.3, -0.25) is 4.79 Å². The molecule has 0 fully saturated rings. The molecule has 2 aromatic rings. The number of hydrogen-bond donors (Lipinski definition) is 2. The molecule has 2 N–H and O–H groups in total. The van der Waals surface area contributed by atoms with Gasteiger partial charge in [0, 0.05) is 12.2 Å². The normalized spacial score (nSPS) is 10.9. The number of nitrogens with one attached hydrogen (secondary N) is 2. The third kappa shape index (κ3) is 4.85. The van der Waals surface area contributed by atoms with E-state index in [1.54, 1.807) is 0 Å². The summed E-state index contributed by atoms with van der Waals surface area (Å²) in [5.74, 6) is 0.837. The number of anilines is 1. The van der Waals surface area contributed by atoms with Crippen molar-refractivity contribution < 1.29 is 4.79 Å². The number of carbonyl (C=O) groups is 1. The van der Waals surface area contributed by atoms with E-state index in [0.717, 1.165) is 11.3 Å². The Bertz CT molecular complexity index is 637. The molecule has 0 heterocycles. The second-order valence-corrected chi connectivity index (χ2v) is 6.74. The van der Waals surface area contributed by atoms with Crippen LogP contribution in [0.25, 0.3) is 0 Å². The molecule has 0 aliphatic carbocycles. The lowest BCUT2D eigenvalue weighted by atomic mass is 9.92. The van der Waals surface area contributed by atoms with Gasteiger partial charge < -0.3 is 10.6 Å².